The van der Waals surface area contributed by atoms with Gasteiger partial charge >= 0.3 is 0 Å². The van der Waals surface area contributed by atoms with E-state index in [-0.39, 0.29) is 12.7 Å². The third-order valence-electron chi connectivity index (χ3n) is 3.76. The lowest BCUT2D eigenvalue weighted by molar-refractivity contribution is 0.122. The van der Waals surface area contributed by atoms with E-state index in [2.05, 4.69) is 19.1 Å². The fourth-order valence-corrected chi connectivity index (χ4v) is 2.39. The summed E-state index contributed by atoms with van der Waals surface area (Å²) in [4.78, 5) is 0. The van der Waals surface area contributed by atoms with E-state index in [1.54, 1.807) is 0 Å². The van der Waals surface area contributed by atoms with Crippen molar-refractivity contribution in [1.82, 2.24) is 0 Å². The Morgan fingerprint density at radius 2 is 1.30 bits per heavy atom. The zero-order valence-electron chi connectivity index (χ0n) is 13.5. The molecule has 2 nitrogen and oxygen atoms in total. The minimum Gasteiger partial charge on any atom is -0.396 e. The maximum atomic E-state index is 9.45. The van der Waals surface area contributed by atoms with Crippen molar-refractivity contribution in [3.05, 3.63) is 12.2 Å². The molecule has 0 amide bonds. The van der Waals surface area contributed by atoms with Gasteiger partial charge in [0, 0.05) is 6.61 Å². The first-order chi connectivity index (χ1) is 9.81. The first kappa shape index (κ1) is 19.7. The molecule has 0 radical (unpaired) electrons. The van der Waals surface area contributed by atoms with Gasteiger partial charge < -0.3 is 10.2 Å². The second kappa shape index (κ2) is 16.7. The summed E-state index contributed by atoms with van der Waals surface area (Å²) in [7, 11) is 0. The molecule has 2 heteroatoms. The summed E-state index contributed by atoms with van der Waals surface area (Å²) in [6, 6.07) is 0. The van der Waals surface area contributed by atoms with Crippen LogP contribution in [0.1, 0.15) is 90.4 Å². The molecule has 0 aromatic rings. The molecule has 0 aromatic heterocycles. The number of hydrogen-bond acceptors (Lipinski definition) is 2. The SMILES string of the molecule is CCCCCCCCC/C=C/CCCC[C@@H](O)CCO. The highest BCUT2D eigenvalue weighted by molar-refractivity contribution is 4.81. The Bertz CT molecular complexity index is 202. The molecule has 0 bridgehead atoms. The molecule has 0 saturated heterocycles. The summed E-state index contributed by atoms with van der Waals surface area (Å²) < 4.78 is 0. The lowest BCUT2D eigenvalue weighted by Crippen LogP contribution is -2.08. The van der Waals surface area contributed by atoms with Gasteiger partial charge in [-0.15, -0.1) is 0 Å². The molecule has 0 spiro atoms. The van der Waals surface area contributed by atoms with Crippen molar-refractivity contribution in [2.75, 3.05) is 6.61 Å². The lowest BCUT2D eigenvalue weighted by atomic mass is 10.1. The van der Waals surface area contributed by atoms with E-state index in [0.29, 0.717) is 6.42 Å². The number of aliphatic hydroxyl groups is 2. The molecule has 20 heavy (non-hydrogen) atoms. The van der Waals surface area contributed by atoms with E-state index in [0.717, 1.165) is 25.7 Å². The predicted molar refractivity (Wildman–Crippen MR) is 87.9 cm³/mol. The van der Waals surface area contributed by atoms with Gasteiger partial charge in [-0.05, 0) is 38.5 Å². The smallest absolute Gasteiger partial charge is 0.0562 e. The third kappa shape index (κ3) is 15.7. The largest absolute Gasteiger partial charge is 0.396 e. The molecule has 0 heterocycles. The Morgan fingerprint density at radius 1 is 0.750 bits per heavy atom. The van der Waals surface area contributed by atoms with Gasteiger partial charge in [0.25, 0.3) is 0 Å². The van der Waals surface area contributed by atoms with Gasteiger partial charge in [0.15, 0.2) is 0 Å². The van der Waals surface area contributed by atoms with E-state index in [1.165, 1.54) is 51.4 Å². The Hall–Kier alpha value is -0.340. The minimum absolute atomic E-state index is 0.0967. The summed E-state index contributed by atoms with van der Waals surface area (Å²) in [6.07, 6.45) is 19.9. The van der Waals surface area contributed by atoms with E-state index in [9.17, 15) is 5.11 Å². The Morgan fingerprint density at radius 3 is 1.90 bits per heavy atom. The highest BCUT2D eigenvalue weighted by atomic mass is 16.3. The van der Waals surface area contributed by atoms with E-state index in [4.69, 9.17) is 5.11 Å². The number of aliphatic hydroxyl groups excluding tert-OH is 2. The number of rotatable bonds is 15. The lowest BCUT2D eigenvalue weighted by Gasteiger charge is -2.06. The Kier molecular flexibility index (Phi) is 16.4. The van der Waals surface area contributed by atoms with Crippen LogP contribution in [0.4, 0.5) is 0 Å². The highest BCUT2D eigenvalue weighted by Gasteiger charge is 2.01. The Labute approximate surface area is 126 Å². The second-order valence-electron chi connectivity index (χ2n) is 5.83. The van der Waals surface area contributed by atoms with Crippen molar-refractivity contribution in [1.29, 1.82) is 0 Å². The van der Waals surface area contributed by atoms with Crippen LogP contribution >= 0.6 is 0 Å². The molecule has 0 aromatic carbocycles. The van der Waals surface area contributed by atoms with Crippen molar-refractivity contribution in [2.24, 2.45) is 0 Å². The van der Waals surface area contributed by atoms with Gasteiger partial charge in [-0.1, -0.05) is 64.0 Å². The molecule has 0 aliphatic heterocycles. The average Bonchev–Trinajstić information content (AvgIpc) is 2.44. The normalized spacial score (nSPS) is 13.2. The molecule has 1 atom stereocenters. The van der Waals surface area contributed by atoms with Crippen molar-refractivity contribution in [3.63, 3.8) is 0 Å². The molecule has 0 saturated carbocycles. The van der Waals surface area contributed by atoms with Crippen LogP contribution in [-0.4, -0.2) is 22.9 Å². The molecule has 0 fully saturated rings. The third-order valence-corrected chi connectivity index (χ3v) is 3.76. The van der Waals surface area contributed by atoms with Crippen molar-refractivity contribution in [3.8, 4) is 0 Å². The maximum absolute atomic E-state index is 9.45. The fourth-order valence-electron chi connectivity index (χ4n) is 2.39. The minimum atomic E-state index is -0.309. The van der Waals surface area contributed by atoms with Crippen LogP contribution in [0.25, 0.3) is 0 Å². The van der Waals surface area contributed by atoms with Crippen molar-refractivity contribution < 1.29 is 10.2 Å². The van der Waals surface area contributed by atoms with E-state index >= 15 is 0 Å². The quantitative estimate of drug-likeness (QED) is 0.328. The van der Waals surface area contributed by atoms with Crippen LogP contribution in [0.2, 0.25) is 0 Å². The van der Waals surface area contributed by atoms with Crippen molar-refractivity contribution >= 4 is 0 Å². The van der Waals surface area contributed by atoms with E-state index in [1.807, 2.05) is 0 Å². The van der Waals surface area contributed by atoms with Crippen LogP contribution in [0.15, 0.2) is 12.2 Å². The van der Waals surface area contributed by atoms with Crippen LogP contribution in [0.3, 0.4) is 0 Å². The summed E-state index contributed by atoms with van der Waals surface area (Å²) in [5.41, 5.74) is 0. The summed E-state index contributed by atoms with van der Waals surface area (Å²) in [5.74, 6) is 0. The van der Waals surface area contributed by atoms with Crippen LogP contribution in [0.5, 0.6) is 0 Å². The molecule has 0 unspecified atom stereocenters. The van der Waals surface area contributed by atoms with Gasteiger partial charge in [0.2, 0.25) is 0 Å². The number of allylic oxidation sites excluding steroid dienone is 2. The van der Waals surface area contributed by atoms with Gasteiger partial charge in [-0.3, -0.25) is 0 Å². The van der Waals surface area contributed by atoms with Gasteiger partial charge in [-0.25, -0.2) is 0 Å². The van der Waals surface area contributed by atoms with Gasteiger partial charge in [0.05, 0.1) is 6.10 Å². The summed E-state index contributed by atoms with van der Waals surface area (Å²) >= 11 is 0. The zero-order chi connectivity index (χ0) is 14.9. The topological polar surface area (TPSA) is 40.5 Å². The van der Waals surface area contributed by atoms with Gasteiger partial charge in [0.1, 0.15) is 0 Å². The van der Waals surface area contributed by atoms with Crippen LogP contribution < -0.4 is 0 Å². The first-order valence-corrected chi connectivity index (χ1v) is 8.75. The molecular weight excluding hydrogens is 248 g/mol. The average molecular weight is 284 g/mol. The monoisotopic (exact) mass is 284 g/mol. The van der Waals surface area contributed by atoms with Crippen LogP contribution in [-0.2, 0) is 0 Å². The molecule has 0 aliphatic rings. The van der Waals surface area contributed by atoms with Crippen molar-refractivity contribution in [2.45, 2.75) is 96.5 Å². The molecule has 0 rings (SSSR count). The van der Waals surface area contributed by atoms with Crippen LogP contribution in [0, 0.1) is 0 Å². The molecular formula is C18H36O2. The van der Waals surface area contributed by atoms with E-state index < -0.39 is 0 Å². The Balaban J connectivity index is 3.12. The highest BCUT2D eigenvalue weighted by Crippen LogP contribution is 2.10. The second-order valence-corrected chi connectivity index (χ2v) is 5.83. The molecule has 0 aliphatic carbocycles. The zero-order valence-corrected chi connectivity index (χ0v) is 13.5. The number of hydrogen-bond donors (Lipinski definition) is 2. The number of unbranched alkanes of at least 4 members (excludes halogenated alkanes) is 9. The maximum Gasteiger partial charge on any atom is 0.0562 e. The standard InChI is InChI=1S/C18H36O2/c1-2-3-4-5-6-7-8-9-10-11-12-13-14-15-18(20)16-17-19/h10-11,18-20H,2-9,12-17H2,1H3/b11-10+/t18-/m1/s1. The predicted octanol–water partition coefficient (Wildman–Crippen LogP) is 4.99. The van der Waals surface area contributed by atoms with Gasteiger partial charge in [-0.2, -0.15) is 0 Å². The molecule has 2 N–H and O–H groups in total. The summed E-state index contributed by atoms with van der Waals surface area (Å²) in [6.45, 7) is 2.36. The first-order valence-electron chi connectivity index (χ1n) is 8.75. The fraction of sp³-hybridized carbons (Fsp3) is 0.889. The molecule has 120 valence electrons. The summed E-state index contributed by atoms with van der Waals surface area (Å²) in [5, 5.41) is 18.1.